The van der Waals surface area contributed by atoms with Gasteiger partial charge < -0.3 is 15.2 Å². The van der Waals surface area contributed by atoms with E-state index in [1.807, 2.05) is 31.2 Å². The molecule has 32 heavy (non-hydrogen) atoms. The maximum atomic E-state index is 12.6. The third kappa shape index (κ3) is 5.73. The van der Waals surface area contributed by atoms with Crippen LogP contribution in [0.3, 0.4) is 0 Å². The second-order valence-electron chi connectivity index (χ2n) is 6.49. The van der Waals surface area contributed by atoms with Gasteiger partial charge in [0.2, 0.25) is 0 Å². The molecule has 166 valence electrons. The van der Waals surface area contributed by atoms with Crippen molar-refractivity contribution in [3.05, 3.63) is 59.4 Å². The molecule has 2 heterocycles. The fourth-order valence-corrected chi connectivity index (χ4v) is 2.99. The number of hydrogen-bond donors (Lipinski definition) is 2. The number of rotatable bonds is 5. The second kappa shape index (κ2) is 11.9. The van der Waals surface area contributed by atoms with Gasteiger partial charge in [-0.2, -0.15) is 5.10 Å². The number of benzene rings is 1. The van der Waals surface area contributed by atoms with Crippen LogP contribution < -0.4 is 5.32 Å². The van der Waals surface area contributed by atoms with Gasteiger partial charge >= 0.3 is 5.97 Å². The summed E-state index contributed by atoms with van der Waals surface area (Å²) in [6.07, 6.45) is 8.84. The number of ether oxygens (including phenoxy) is 1. The molecule has 0 saturated carbocycles. The van der Waals surface area contributed by atoms with Gasteiger partial charge in [-0.25, -0.2) is 0 Å². The molecule has 0 unspecified atom stereocenters. The van der Waals surface area contributed by atoms with Gasteiger partial charge in [-0.15, -0.1) is 12.3 Å². The van der Waals surface area contributed by atoms with Crippen molar-refractivity contribution < 1.29 is 19.4 Å². The van der Waals surface area contributed by atoms with E-state index < -0.39 is 11.9 Å². The first-order chi connectivity index (χ1) is 15.5. The maximum Gasteiger partial charge on any atom is 0.325 e. The number of fused-ring (bicyclic) bond motifs is 1. The lowest BCUT2D eigenvalue weighted by Crippen LogP contribution is -2.38. The lowest BCUT2D eigenvalue weighted by Gasteiger charge is -2.29. The molecule has 0 fully saturated rings. The highest BCUT2D eigenvalue weighted by Gasteiger charge is 2.31. The fraction of sp³-hybridized carbons (Fsp3) is 0.250. The predicted molar refractivity (Wildman–Crippen MR) is 123 cm³/mol. The molecule has 1 aromatic heterocycles. The summed E-state index contributed by atoms with van der Waals surface area (Å²) in [7, 11) is 1.23. The van der Waals surface area contributed by atoms with Crippen molar-refractivity contribution in [2.45, 2.75) is 26.8 Å². The molecular formula is C24H26N4O4. The summed E-state index contributed by atoms with van der Waals surface area (Å²) in [5.74, 6) is 1.00. The quantitative estimate of drug-likeness (QED) is 0.426. The Bertz CT molecular complexity index is 1060. The number of nitrogens with one attached hydrogen (secondary N) is 1. The largest absolute Gasteiger partial charge is 0.505 e. The number of hydrogen-bond acceptors (Lipinski definition) is 7. The van der Waals surface area contributed by atoms with E-state index in [2.05, 4.69) is 26.1 Å². The summed E-state index contributed by atoms with van der Waals surface area (Å²) in [4.78, 5) is 28.3. The molecule has 0 radical (unpaired) electrons. The molecule has 1 amide bonds. The normalized spacial score (nSPS) is 12.4. The summed E-state index contributed by atoms with van der Waals surface area (Å²) < 4.78 is 4.53. The maximum absolute atomic E-state index is 12.6. The molecule has 0 spiro atoms. The SMILES string of the molecule is C#CCC.C/C=N\N1Cc2c(cccc2-c2ccccn2)C(O)=C1C(=O)NCC(=O)OC. The van der Waals surface area contributed by atoms with Crippen LogP contribution in [-0.4, -0.2) is 46.8 Å². The highest BCUT2D eigenvalue weighted by molar-refractivity contribution is 6.01. The van der Waals surface area contributed by atoms with Gasteiger partial charge in [-0.1, -0.05) is 31.2 Å². The van der Waals surface area contributed by atoms with Crippen LogP contribution in [0.2, 0.25) is 0 Å². The van der Waals surface area contributed by atoms with E-state index in [0.29, 0.717) is 5.56 Å². The number of aromatic nitrogens is 1. The van der Waals surface area contributed by atoms with Gasteiger partial charge in [0.1, 0.15) is 6.54 Å². The lowest BCUT2D eigenvalue weighted by molar-refractivity contribution is -0.140. The Balaban J connectivity index is 0.000000837. The molecular weight excluding hydrogens is 408 g/mol. The van der Waals surface area contributed by atoms with Crippen molar-refractivity contribution in [1.29, 1.82) is 0 Å². The third-order valence-corrected chi connectivity index (χ3v) is 4.46. The van der Waals surface area contributed by atoms with Gasteiger partial charge in [0.05, 0.1) is 19.3 Å². The van der Waals surface area contributed by atoms with E-state index in [0.717, 1.165) is 23.2 Å². The summed E-state index contributed by atoms with van der Waals surface area (Å²) in [6, 6.07) is 11.0. The number of methoxy groups -OCH3 is 1. The number of nitrogens with zero attached hydrogens (tertiary/aromatic N) is 3. The molecule has 1 aromatic carbocycles. The highest BCUT2D eigenvalue weighted by Crippen LogP contribution is 2.36. The Labute approximate surface area is 187 Å². The minimum atomic E-state index is -0.623. The van der Waals surface area contributed by atoms with Crippen LogP contribution in [0.1, 0.15) is 31.4 Å². The molecule has 3 rings (SSSR count). The van der Waals surface area contributed by atoms with E-state index >= 15 is 0 Å². The molecule has 0 saturated heterocycles. The van der Waals surface area contributed by atoms with Gasteiger partial charge in [0.25, 0.3) is 5.91 Å². The standard InChI is InChI=1S/C20H20N4O4.C4H6/c1-3-23-24-12-15-13(16-9-4-5-10-21-16)7-6-8-14(15)19(26)18(24)20(27)22-11-17(25)28-2;1-3-4-2/h3-10,26H,11-12H2,1-2H3,(H,22,27);1H,4H2,2H3/b23-3-;. The van der Waals surface area contributed by atoms with Crippen LogP contribution in [0.25, 0.3) is 17.0 Å². The zero-order valence-electron chi connectivity index (χ0n) is 18.3. The topological polar surface area (TPSA) is 104 Å². The van der Waals surface area contributed by atoms with Crippen LogP contribution in [0.4, 0.5) is 0 Å². The van der Waals surface area contributed by atoms with Crippen molar-refractivity contribution in [1.82, 2.24) is 15.3 Å². The third-order valence-electron chi connectivity index (χ3n) is 4.46. The number of pyridine rings is 1. The Morgan fingerprint density at radius 2 is 2.03 bits per heavy atom. The van der Waals surface area contributed by atoms with Crippen molar-refractivity contribution in [2.24, 2.45) is 5.10 Å². The van der Waals surface area contributed by atoms with Gasteiger partial charge in [-0.3, -0.25) is 19.6 Å². The molecule has 2 aromatic rings. The Hall–Kier alpha value is -4.12. The van der Waals surface area contributed by atoms with Crippen LogP contribution in [0.15, 0.2) is 53.4 Å². The van der Waals surface area contributed by atoms with E-state index in [4.69, 9.17) is 6.42 Å². The van der Waals surface area contributed by atoms with Crippen LogP contribution in [0.5, 0.6) is 0 Å². The molecule has 0 bridgehead atoms. The van der Waals surface area contributed by atoms with E-state index in [9.17, 15) is 14.7 Å². The lowest BCUT2D eigenvalue weighted by atomic mass is 9.93. The molecule has 1 aliphatic heterocycles. The second-order valence-corrected chi connectivity index (χ2v) is 6.49. The van der Waals surface area contributed by atoms with Crippen LogP contribution in [-0.2, 0) is 20.9 Å². The zero-order chi connectivity index (χ0) is 23.5. The summed E-state index contributed by atoms with van der Waals surface area (Å²) in [5.41, 5.74) is 2.89. The molecule has 0 aliphatic carbocycles. The van der Waals surface area contributed by atoms with Crippen LogP contribution in [0, 0.1) is 12.3 Å². The minimum absolute atomic E-state index is 0.0346. The summed E-state index contributed by atoms with van der Waals surface area (Å²) in [5, 5.41) is 18.9. The minimum Gasteiger partial charge on any atom is -0.505 e. The van der Waals surface area contributed by atoms with Gasteiger partial charge in [-0.05, 0) is 24.6 Å². The summed E-state index contributed by atoms with van der Waals surface area (Å²) >= 11 is 0. The number of carbonyl (C=O) groups excluding carboxylic acids is 2. The van der Waals surface area contributed by atoms with Gasteiger partial charge in [0, 0.05) is 30.0 Å². The number of aliphatic hydroxyl groups excluding tert-OH is 1. The molecule has 2 N–H and O–H groups in total. The van der Waals surface area contributed by atoms with Crippen molar-refractivity contribution >= 4 is 23.9 Å². The number of hydrazone groups is 1. The number of terminal acetylenes is 1. The molecule has 8 heteroatoms. The van der Waals surface area contributed by atoms with E-state index in [1.54, 1.807) is 25.3 Å². The Kier molecular flexibility index (Phi) is 8.99. The summed E-state index contributed by atoms with van der Waals surface area (Å²) in [6.45, 7) is 3.61. The molecule has 8 nitrogen and oxygen atoms in total. The zero-order valence-corrected chi connectivity index (χ0v) is 18.3. The Morgan fingerprint density at radius 3 is 2.62 bits per heavy atom. The van der Waals surface area contributed by atoms with Crippen molar-refractivity contribution in [2.75, 3.05) is 13.7 Å². The van der Waals surface area contributed by atoms with Crippen molar-refractivity contribution in [3.8, 4) is 23.6 Å². The first kappa shape index (κ1) is 24.2. The first-order valence-electron chi connectivity index (χ1n) is 9.99. The predicted octanol–water partition coefficient (Wildman–Crippen LogP) is 3.12. The number of amides is 1. The smallest absolute Gasteiger partial charge is 0.325 e. The van der Waals surface area contributed by atoms with Crippen LogP contribution >= 0.6 is 0 Å². The van der Waals surface area contributed by atoms with E-state index in [1.165, 1.54) is 18.3 Å². The monoisotopic (exact) mass is 434 g/mol. The average Bonchev–Trinajstić information content (AvgIpc) is 2.83. The highest BCUT2D eigenvalue weighted by atomic mass is 16.5. The van der Waals surface area contributed by atoms with Gasteiger partial charge in [0.15, 0.2) is 11.5 Å². The number of esters is 1. The fourth-order valence-electron chi connectivity index (χ4n) is 2.99. The van der Waals surface area contributed by atoms with E-state index in [-0.39, 0.29) is 24.5 Å². The molecule has 0 atom stereocenters. The first-order valence-corrected chi connectivity index (χ1v) is 9.99. The average molecular weight is 434 g/mol. The number of carbonyl (C=O) groups is 2. The Morgan fingerprint density at radius 1 is 1.31 bits per heavy atom. The van der Waals surface area contributed by atoms with Crippen molar-refractivity contribution in [3.63, 3.8) is 0 Å². The molecule has 1 aliphatic rings. The number of aliphatic hydroxyl groups is 1.